The molecule has 0 radical (unpaired) electrons. The molecule has 1 aliphatic rings. The van der Waals surface area contributed by atoms with Gasteiger partial charge in [-0.1, -0.05) is 6.92 Å². The minimum Gasteiger partial charge on any atom is -0.274 e. The number of sulfonamides is 1. The number of rotatable bonds is 3. The van der Waals surface area contributed by atoms with Crippen molar-refractivity contribution < 1.29 is 13.2 Å². The number of hydrogen-bond donors (Lipinski definition) is 1. The largest absolute Gasteiger partial charge is 0.274 e. The summed E-state index contributed by atoms with van der Waals surface area (Å²) in [6.07, 6.45) is 3.43. The van der Waals surface area contributed by atoms with Crippen LogP contribution in [0.25, 0.3) is 0 Å². The smallest absolute Gasteiger partial charge is 0.265 e. The summed E-state index contributed by atoms with van der Waals surface area (Å²) >= 11 is 3.13. The van der Waals surface area contributed by atoms with E-state index in [4.69, 9.17) is 0 Å². The standard InChI is InChI=1S/C10H11BrN2O3S/c1-6-2-9(6)10(14)13-17(15,16)8-3-7(11)4-12-5-8/h3-6,9H,2H2,1H3,(H,13,14). The van der Waals surface area contributed by atoms with Crippen LogP contribution in [0.3, 0.4) is 0 Å². The predicted octanol–water partition coefficient (Wildman–Crippen LogP) is 1.30. The first-order chi connectivity index (χ1) is 7.90. The second-order valence-electron chi connectivity index (χ2n) is 4.13. The Balaban J connectivity index is 2.16. The Morgan fingerprint density at radius 2 is 2.18 bits per heavy atom. The van der Waals surface area contributed by atoms with E-state index in [0.717, 1.165) is 6.42 Å². The number of nitrogens with one attached hydrogen (secondary N) is 1. The maximum absolute atomic E-state index is 11.8. The number of aromatic nitrogens is 1. The molecule has 5 nitrogen and oxygen atoms in total. The summed E-state index contributed by atoms with van der Waals surface area (Å²) in [7, 11) is -3.80. The summed E-state index contributed by atoms with van der Waals surface area (Å²) in [5, 5.41) is 0. The van der Waals surface area contributed by atoms with Crippen molar-refractivity contribution in [3.63, 3.8) is 0 Å². The van der Waals surface area contributed by atoms with E-state index >= 15 is 0 Å². The number of hydrogen-bond acceptors (Lipinski definition) is 4. The summed E-state index contributed by atoms with van der Waals surface area (Å²) in [6.45, 7) is 1.91. The number of carbonyl (C=O) groups excluding carboxylic acids is 1. The van der Waals surface area contributed by atoms with Gasteiger partial charge in [-0.3, -0.25) is 9.78 Å². The van der Waals surface area contributed by atoms with Gasteiger partial charge in [0.1, 0.15) is 4.90 Å². The van der Waals surface area contributed by atoms with Gasteiger partial charge in [-0.05, 0) is 34.3 Å². The molecule has 2 unspecified atom stereocenters. The fourth-order valence-corrected chi connectivity index (χ4v) is 3.03. The summed E-state index contributed by atoms with van der Waals surface area (Å²) in [6, 6.07) is 1.40. The SMILES string of the molecule is CC1CC1C(=O)NS(=O)(=O)c1cncc(Br)c1. The molecule has 7 heteroatoms. The Kier molecular flexibility index (Phi) is 3.22. The molecule has 1 aromatic heterocycles. The Bertz CT molecular complexity index is 558. The first-order valence-corrected chi connectivity index (χ1v) is 7.35. The molecule has 0 spiro atoms. The number of carbonyl (C=O) groups is 1. The van der Waals surface area contributed by atoms with E-state index in [2.05, 4.69) is 25.6 Å². The molecular formula is C10H11BrN2O3S. The van der Waals surface area contributed by atoms with Crippen molar-refractivity contribution in [2.24, 2.45) is 11.8 Å². The third kappa shape index (κ3) is 2.84. The molecule has 1 amide bonds. The normalized spacial score (nSPS) is 23.2. The van der Waals surface area contributed by atoms with Gasteiger partial charge in [0.15, 0.2) is 0 Å². The molecule has 1 saturated carbocycles. The lowest BCUT2D eigenvalue weighted by Crippen LogP contribution is -2.32. The van der Waals surface area contributed by atoms with E-state index in [-0.39, 0.29) is 16.7 Å². The lowest BCUT2D eigenvalue weighted by Gasteiger charge is -2.06. The fourth-order valence-electron chi connectivity index (χ4n) is 1.49. The van der Waals surface area contributed by atoms with Gasteiger partial charge in [0.05, 0.1) is 0 Å². The summed E-state index contributed by atoms with van der Waals surface area (Å²) in [5.74, 6) is -0.340. The topological polar surface area (TPSA) is 76.1 Å². The minimum atomic E-state index is -3.80. The highest BCUT2D eigenvalue weighted by molar-refractivity contribution is 9.10. The first-order valence-electron chi connectivity index (χ1n) is 5.07. The minimum absolute atomic E-state index is 0.0199. The fraction of sp³-hybridized carbons (Fsp3) is 0.400. The van der Waals surface area contributed by atoms with Crippen LogP contribution in [0.15, 0.2) is 27.8 Å². The van der Waals surface area contributed by atoms with Gasteiger partial charge in [0.25, 0.3) is 10.0 Å². The van der Waals surface area contributed by atoms with E-state index in [1.165, 1.54) is 18.5 Å². The van der Waals surface area contributed by atoms with Crippen molar-refractivity contribution in [2.75, 3.05) is 0 Å². The van der Waals surface area contributed by atoms with Crippen molar-refractivity contribution >= 4 is 31.9 Å². The Hall–Kier alpha value is -0.950. The summed E-state index contributed by atoms with van der Waals surface area (Å²) in [4.78, 5) is 15.3. The highest BCUT2D eigenvalue weighted by Gasteiger charge is 2.40. The molecule has 2 atom stereocenters. The Labute approximate surface area is 108 Å². The number of nitrogens with zero attached hydrogens (tertiary/aromatic N) is 1. The maximum atomic E-state index is 11.8. The average molecular weight is 319 g/mol. The molecule has 0 aliphatic heterocycles. The highest BCUT2D eigenvalue weighted by Crippen LogP contribution is 2.37. The molecule has 1 N–H and O–H groups in total. The van der Waals surface area contributed by atoms with Crippen molar-refractivity contribution in [1.29, 1.82) is 0 Å². The van der Waals surface area contributed by atoms with Crippen LogP contribution in [0.1, 0.15) is 13.3 Å². The van der Waals surface area contributed by atoms with Gasteiger partial charge in [-0.15, -0.1) is 0 Å². The van der Waals surface area contributed by atoms with Crippen LogP contribution in [0.5, 0.6) is 0 Å². The third-order valence-electron chi connectivity index (χ3n) is 2.67. The van der Waals surface area contributed by atoms with Crippen molar-refractivity contribution in [3.05, 3.63) is 22.9 Å². The number of pyridine rings is 1. The molecule has 1 aromatic rings. The van der Waals surface area contributed by atoms with Gasteiger partial charge in [0.2, 0.25) is 5.91 Å². The van der Waals surface area contributed by atoms with E-state index in [1.54, 1.807) is 0 Å². The molecule has 0 bridgehead atoms. The molecule has 2 rings (SSSR count). The molecule has 0 saturated heterocycles. The zero-order valence-corrected chi connectivity index (χ0v) is 11.5. The van der Waals surface area contributed by atoms with Crippen LogP contribution in [0.2, 0.25) is 0 Å². The van der Waals surface area contributed by atoms with Crippen LogP contribution in [-0.4, -0.2) is 19.3 Å². The summed E-state index contributed by atoms with van der Waals surface area (Å²) in [5.41, 5.74) is 0. The van der Waals surface area contributed by atoms with Gasteiger partial charge in [0, 0.05) is 22.8 Å². The lowest BCUT2D eigenvalue weighted by molar-refractivity contribution is -0.120. The van der Waals surface area contributed by atoms with Gasteiger partial charge < -0.3 is 0 Å². The monoisotopic (exact) mass is 318 g/mol. The molecule has 0 aromatic carbocycles. The molecule has 1 heterocycles. The van der Waals surface area contributed by atoms with Crippen LogP contribution in [0, 0.1) is 11.8 Å². The van der Waals surface area contributed by atoms with Crippen molar-refractivity contribution in [1.82, 2.24) is 9.71 Å². The predicted molar refractivity (Wildman–Crippen MR) is 64.5 cm³/mol. The van der Waals surface area contributed by atoms with E-state index in [9.17, 15) is 13.2 Å². The maximum Gasteiger partial charge on any atom is 0.265 e. The zero-order chi connectivity index (χ0) is 12.6. The van der Waals surface area contributed by atoms with Gasteiger partial charge >= 0.3 is 0 Å². The van der Waals surface area contributed by atoms with Crippen LogP contribution in [-0.2, 0) is 14.8 Å². The Morgan fingerprint density at radius 1 is 1.53 bits per heavy atom. The number of amides is 1. The quantitative estimate of drug-likeness (QED) is 0.911. The molecular weight excluding hydrogens is 308 g/mol. The molecule has 17 heavy (non-hydrogen) atoms. The summed E-state index contributed by atoms with van der Waals surface area (Å²) < 4.78 is 26.3. The van der Waals surface area contributed by atoms with Crippen LogP contribution < -0.4 is 4.72 Å². The van der Waals surface area contributed by atoms with Gasteiger partial charge in [-0.2, -0.15) is 0 Å². The lowest BCUT2D eigenvalue weighted by atomic mass is 10.3. The second-order valence-corrected chi connectivity index (χ2v) is 6.73. The number of halogens is 1. The third-order valence-corrected chi connectivity index (χ3v) is 4.42. The molecule has 1 fully saturated rings. The van der Waals surface area contributed by atoms with Crippen LogP contribution >= 0.6 is 15.9 Å². The second kappa shape index (κ2) is 4.38. The average Bonchev–Trinajstić information content (AvgIpc) is 2.95. The van der Waals surface area contributed by atoms with E-state index in [1.807, 2.05) is 6.92 Å². The van der Waals surface area contributed by atoms with Gasteiger partial charge in [-0.25, -0.2) is 13.1 Å². The zero-order valence-electron chi connectivity index (χ0n) is 9.05. The first kappa shape index (κ1) is 12.5. The van der Waals surface area contributed by atoms with E-state index in [0.29, 0.717) is 4.47 Å². The molecule has 1 aliphatic carbocycles. The van der Waals surface area contributed by atoms with Crippen molar-refractivity contribution in [2.45, 2.75) is 18.2 Å². The van der Waals surface area contributed by atoms with E-state index < -0.39 is 15.9 Å². The Morgan fingerprint density at radius 3 is 2.71 bits per heavy atom. The molecule has 92 valence electrons. The van der Waals surface area contributed by atoms with Crippen molar-refractivity contribution in [3.8, 4) is 0 Å². The highest BCUT2D eigenvalue weighted by atomic mass is 79.9. The van der Waals surface area contributed by atoms with Crippen LogP contribution in [0.4, 0.5) is 0 Å².